The number of amides is 1. The molecule has 0 bridgehead atoms. The zero-order chi connectivity index (χ0) is 13.4. The summed E-state index contributed by atoms with van der Waals surface area (Å²) in [5.74, 6) is -0.654. The Hall–Kier alpha value is -1.10. The molecule has 5 heteroatoms. The van der Waals surface area contributed by atoms with Gasteiger partial charge in [0.25, 0.3) is 0 Å². The molecule has 0 aromatic rings. The van der Waals surface area contributed by atoms with Gasteiger partial charge in [0.15, 0.2) is 0 Å². The Morgan fingerprint density at radius 3 is 2.56 bits per heavy atom. The van der Waals surface area contributed by atoms with Crippen LogP contribution in [0.15, 0.2) is 0 Å². The summed E-state index contributed by atoms with van der Waals surface area (Å²) in [6.45, 7) is 6.38. The maximum Gasteiger partial charge on any atom is 0.311 e. The van der Waals surface area contributed by atoms with Gasteiger partial charge in [-0.25, -0.2) is 0 Å². The summed E-state index contributed by atoms with van der Waals surface area (Å²) >= 11 is 0. The number of rotatable bonds is 3. The van der Waals surface area contributed by atoms with Crippen LogP contribution in [0.25, 0.3) is 0 Å². The van der Waals surface area contributed by atoms with E-state index in [9.17, 15) is 14.7 Å². The van der Waals surface area contributed by atoms with Gasteiger partial charge in [0.2, 0.25) is 5.91 Å². The first-order valence-electron chi connectivity index (χ1n) is 6.67. The van der Waals surface area contributed by atoms with E-state index in [1.807, 2.05) is 13.8 Å². The average molecular weight is 254 g/mol. The zero-order valence-corrected chi connectivity index (χ0v) is 11.2. The fraction of sp³-hybridized carbons (Fsp3) is 0.846. The van der Waals surface area contributed by atoms with Crippen LogP contribution in [-0.4, -0.2) is 48.1 Å². The van der Waals surface area contributed by atoms with Gasteiger partial charge >= 0.3 is 5.97 Å². The minimum atomic E-state index is -0.769. The lowest BCUT2D eigenvalue weighted by atomic mass is 9.84. The van der Waals surface area contributed by atoms with Crippen molar-refractivity contribution in [1.82, 2.24) is 10.2 Å². The third-order valence-electron chi connectivity index (χ3n) is 4.66. The third-order valence-corrected chi connectivity index (χ3v) is 4.66. The number of carboxylic acids is 1. The zero-order valence-electron chi connectivity index (χ0n) is 11.2. The molecule has 2 aliphatic rings. The number of nitrogens with zero attached hydrogens (tertiary/aromatic N) is 1. The second-order valence-corrected chi connectivity index (χ2v) is 5.90. The average Bonchev–Trinajstić information content (AvgIpc) is 2.96. The van der Waals surface area contributed by atoms with Gasteiger partial charge in [0.05, 0.1) is 10.8 Å². The maximum atomic E-state index is 12.5. The van der Waals surface area contributed by atoms with Gasteiger partial charge < -0.3 is 15.3 Å². The molecule has 0 aromatic heterocycles. The Bertz CT molecular complexity index is 363. The molecule has 2 rings (SSSR count). The van der Waals surface area contributed by atoms with E-state index in [1.165, 1.54) is 0 Å². The first kappa shape index (κ1) is 13.3. The van der Waals surface area contributed by atoms with Gasteiger partial charge in [-0.05, 0) is 32.7 Å². The van der Waals surface area contributed by atoms with E-state index in [1.54, 1.807) is 4.90 Å². The Morgan fingerprint density at radius 1 is 1.39 bits per heavy atom. The fourth-order valence-corrected chi connectivity index (χ4v) is 3.04. The number of nitrogens with one attached hydrogen (secondary N) is 1. The predicted octanol–water partition coefficient (Wildman–Crippen LogP) is 0.699. The SMILES string of the molecule is CCC1(C(=O)O)CCN(C(=O)C2(C)CCNC2)C1. The molecular weight excluding hydrogens is 232 g/mol. The molecule has 102 valence electrons. The van der Waals surface area contributed by atoms with Crippen LogP contribution in [0.3, 0.4) is 0 Å². The van der Waals surface area contributed by atoms with Crippen LogP contribution in [0.5, 0.6) is 0 Å². The van der Waals surface area contributed by atoms with Crippen molar-refractivity contribution in [3.8, 4) is 0 Å². The molecule has 1 amide bonds. The first-order valence-corrected chi connectivity index (χ1v) is 6.67. The van der Waals surface area contributed by atoms with Gasteiger partial charge in [0, 0.05) is 19.6 Å². The number of hydrogen-bond acceptors (Lipinski definition) is 3. The number of carbonyl (C=O) groups is 2. The van der Waals surface area contributed by atoms with E-state index < -0.39 is 11.4 Å². The molecule has 2 saturated heterocycles. The monoisotopic (exact) mass is 254 g/mol. The molecule has 0 radical (unpaired) electrons. The lowest BCUT2D eigenvalue weighted by Gasteiger charge is -2.29. The molecule has 18 heavy (non-hydrogen) atoms. The number of carboxylic acid groups (broad SMARTS) is 1. The molecule has 2 fully saturated rings. The summed E-state index contributed by atoms with van der Waals surface area (Å²) in [7, 11) is 0. The van der Waals surface area contributed by atoms with Crippen LogP contribution in [0.2, 0.25) is 0 Å². The van der Waals surface area contributed by atoms with E-state index in [0.717, 1.165) is 13.0 Å². The first-order chi connectivity index (χ1) is 8.43. The number of aliphatic carboxylic acids is 1. The molecule has 5 nitrogen and oxygen atoms in total. The van der Waals surface area contributed by atoms with E-state index in [0.29, 0.717) is 32.5 Å². The molecule has 2 aliphatic heterocycles. The number of carbonyl (C=O) groups excluding carboxylic acids is 1. The van der Waals surface area contributed by atoms with E-state index in [4.69, 9.17) is 0 Å². The van der Waals surface area contributed by atoms with Gasteiger partial charge in [-0.2, -0.15) is 0 Å². The van der Waals surface area contributed by atoms with E-state index in [-0.39, 0.29) is 11.3 Å². The minimum absolute atomic E-state index is 0.115. The van der Waals surface area contributed by atoms with Crippen LogP contribution in [0.1, 0.15) is 33.1 Å². The molecule has 0 aromatic carbocycles. The van der Waals surface area contributed by atoms with Crippen molar-refractivity contribution in [2.75, 3.05) is 26.2 Å². The molecule has 2 unspecified atom stereocenters. The lowest BCUT2D eigenvalue weighted by molar-refractivity contribution is -0.149. The molecular formula is C13H22N2O3. The van der Waals surface area contributed by atoms with E-state index in [2.05, 4.69) is 5.32 Å². The van der Waals surface area contributed by atoms with Gasteiger partial charge in [-0.1, -0.05) is 6.92 Å². The predicted molar refractivity (Wildman–Crippen MR) is 67.2 cm³/mol. The van der Waals surface area contributed by atoms with Gasteiger partial charge in [0.1, 0.15) is 0 Å². The molecule has 0 spiro atoms. The molecule has 2 heterocycles. The van der Waals surface area contributed by atoms with Crippen molar-refractivity contribution in [1.29, 1.82) is 0 Å². The minimum Gasteiger partial charge on any atom is -0.481 e. The second-order valence-electron chi connectivity index (χ2n) is 5.90. The highest BCUT2D eigenvalue weighted by molar-refractivity contribution is 5.85. The Kier molecular flexibility index (Phi) is 3.36. The topological polar surface area (TPSA) is 69.6 Å². The molecule has 2 atom stereocenters. The van der Waals surface area contributed by atoms with Crippen molar-refractivity contribution in [3.05, 3.63) is 0 Å². The number of likely N-dealkylation sites (tertiary alicyclic amines) is 1. The van der Waals surface area contributed by atoms with Crippen LogP contribution in [-0.2, 0) is 9.59 Å². The van der Waals surface area contributed by atoms with Gasteiger partial charge in [-0.15, -0.1) is 0 Å². The van der Waals surface area contributed by atoms with Crippen molar-refractivity contribution in [3.63, 3.8) is 0 Å². The molecule has 0 aliphatic carbocycles. The summed E-state index contributed by atoms with van der Waals surface area (Å²) in [6, 6.07) is 0. The Balaban J connectivity index is 2.09. The number of hydrogen-bond donors (Lipinski definition) is 2. The summed E-state index contributed by atoms with van der Waals surface area (Å²) in [5.41, 5.74) is -1.07. The van der Waals surface area contributed by atoms with Crippen LogP contribution in [0.4, 0.5) is 0 Å². The highest BCUT2D eigenvalue weighted by Crippen LogP contribution is 2.37. The highest BCUT2D eigenvalue weighted by Gasteiger charge is 2.48. The lowest BCUT2D eigenvalue weighted by Crippen LogP contribution is -2.44. The molecule has 0 saturated carbocycles. The summed E-state index contributed by atoms with van der Waals surface area (Å²) in [5, 5.41) is 12.6. The van der Waals surface area contributed by atoms with Gasteiger partial charge in [-0.3, -0.25) is 9.59 Å². The van der Waals surface area contributed by atoms with Crippen molar-refractivity contribution < 1.29 is 14.7 Å². The summed E-state index contributed by atoms with van der Waals surface area (Å²) in [4.78, 5) is 25.6. The van der Waals surface area contributed by atoms with E-state index >= 15 is 0 Å². The highest BCUT2D eigenvalue weighted by atomic mass is 16.4. The van der Waals surface area contributed by atoms with Crippen molar-refractivity contribution in [2.24, 2.45) is 10.8 Å². The Morgan fingerprint density at radius 2 is 2.11 bits per heavy atom. The summed E-state index contributed by atoms with van der Waals surface area (Å²) in [6.07, 6.45) is 2.00. The third kappa shape index (κ3) is 2.00. The maximum absolute atomic E-state index is 12.5. The van der Waals surface area contributed by atoms with Crippen molar-refractivity contribution >= 4 is 11.9 Å². The Labute approximate surface area is 108 Å². The normalized spacial score (nSPS) is 36.0. The van der Waals surface area contributed by atoms with Crippen LogP contribution in [0, 0.1) is 10.8 Å². The quantitative estimate of drug-likeness (QED) is 0.778. The standard InChI is InChI=1S/C13H22N2O3/c1-3-13(11(17)18)5-7-15(9-13)10(16)12(2)4-6-14-8-12/h14H,3-9H2,1-2H3,(H,17,18). The fourth-order valence-electron chi connectivity index (χ4n) is 3.04. The van der Waals surface area contributed by atoms with Crippen LogP contribution >= 0.6 is 0 Å². The second kappa shape index (κ2) is 4.53. The summed E-state index contributed by atoms with van der Waals surface area (Å²) < 4.78 is 0. The molecule has 2 N–H and O–H groups in total. The van der Waals surface area contributed by atoms with Crippen molar-refractivity contribution in [2.45, 2.75) is 33.1 Å². The smallest absolute Gasteiger partial charge is 0.311 e. The largest absolute Gasteiger partial charge is 0.481 e. The van der Waals surface area contributed by atoms with Crippen LogP contribution < -0.4 is 5.32 Å².